The molecule has 0 radical (unpaired) electrons. The van der Waals surface area contributed by atoms with Gasteiger partial charge < -0.3 is 15.8 Å². The predicted molar refractivity (Wildman–Crippen MR) is 61.6 cm³/mol. The minimum absolute atomic E-state index is 0.160. The van der Waals surface area contributed by atoms with Gasteiger partial charge in [-0.05, 0) is 40.2 Å². The van der Waals surface area contributed by atoms with Crippen LogP contribution in [0.4, 0.5) is 0 Å². The Balaban J connectivity index is 3.81. The van der Waals surface area contributed by atoms with Crippen molar-refractivity contribution < 1.29 is 9.53 Å². The summed E-state index contributed by atoms with van der Waals surface area (Å²) < 4.78 is 5.54. The molecule has 4 nitrogen and oxygen atoms in total. The van der Waals surface area contributed by atoms with Gasteiger partial charge in [0.05, 0.1) is 11.6 Å². The number of primary amides is 1. The van der Waals surface area contributed by atoms with Gasteiger partial charge in [-0.15, -0.1) is 0 Å². The summed E-state index contributed by atoms with van der Waals surface area (Å²) in [7, 11) is 0. The largest absolute Gasteiger partial charge is 0.376 e. The molecule has 1 unspecified atom stereocenters. The molecule has 0 heterocycles. The fourth-order valence-corrected chi connectivity index (χ4v) is 1.15. The first-order valence-electron chi connectivity index (χ1n) is 5.53. The van der Waals surface area contributed by atoms with E-state index in [0.717, 1.165) is 13.0 Å². The Morgan fingerprint density at radius 1 is 1.47 bits per heavy atom. The molecule has 0 aliphatic heterocycles. The van der Waals surface area contributed by atoms with Gasteiger partial charge in [0.1, 0.15) is 0 Å². The maximum atomic E-state index is 11.1. The molecule has 0 aromatic rings. The molecule has 0 spiro atoms. The Labute approximate surface area is 92.6 Å². The number of carbonyl (C=O) groups excluding carboxylic acids is 1. The molecule has 0 fully saturated rings. The predicted octanol–water partition coefficient (Wildman–Crippen LogP) is 1.05. The van der Waals surface area contributed by atoms with E-state index < -0.39 is 0 Å². The van der Waals surface area contributed by atoms with Crippen LogP contribution in [0.25, 0.3) is 0 Å². The first-order valence-corrected chi connectivity index (χ1v) is 5.53. The van der Waals surface area contributed by atoms with Crippen LogP contribution in [0.3, 0.4) is 0 Å². The van der Waals surface area contributed by atoms with Gasteiger partial charge >= 0.3 is 0 Å². The third-order valence-electron chi connectivity index (χ3n) is 1.93. The first-order chi connectivity index (χ1) is 6.87. The summed E-state index contributed by atoms with van der Waals surface area (Å²) in [5, 5.41) is 3.10. The Kier molecular flexibility index (Phi) is 6.52. The maximum Gasteiger partial charge on any atom is 0.234 e. The van der Waals surface area contributed by atoms with Gasteiger partial charge in [0.15, 0.2) is 0 Å². The number of nitrogens with two attached hydrogens (primary N) is 1. The molecule has 0 aromatic heterocycles. The Hall–Kier alpha value is -0.610. The third-order valence-corrected chi connectivity index (χ3v) is 1.93. The van der Waals surface area contributed by atoms with Gasteiger partial charge in [-0.25, -0.2) is 0 Å². The highest BCUT2D eigenvalue weighted by Crippen LogP contribution is 2.07. The normalized spacial score (nSPS) is 13.9. The summed E-state index contributed by atoms with van der Waals surface area (Å²) in [5.41, 5.74) is 5.11. The van der Waals surface area contributed by atoms with E-state index >= 15 is 0 Å². The van der Waals surface area contributed by atoms with Crippen molar-refractivity contribution >= 4 is 5.91 Å². The summed E-state index contributed by atoms with van der Waals surface area (Å²) in [6.07, 6.45) is 1.62. The lowest BCUT2D eigenvalue weighted by molar-refractivity contribution is -0.121. The molecule has 1 amide bonds. The highest BCUT2D eigenvalue weighted by atomic mass is 16.5. The molecule has 0 saturated heterocycles. The van der Waals surface area contributed by atoms with E-state index in [4.69, 9.17) is 10.5 Å². The molecule has 90 valence electrons. The number of carbonyl (C=O) groups is 1. The number of nitrogens with one attached hydrogen (secondary N) is 1. The maximum absolute atomic E-state index is 11.1. The van der Waals surface area contributed by atoms with Crippen LogP contribution < -0.4 is 11.1 Å². The van der Waals surface area contributed by atoms with E-state index in [-0.39, 0.29) is 17.6 Å². The molecule has 0 bridgehead atoms. The molecule has 1 atom stereocenters. The van der Waals surface area contributed by atoms with E-state index in [1.54, 1.807) is 0 Å². The van der Waals surface area contributed by atoms with Crippen LogP contribution >= 0.6 is 0 Å². The van der Waals surface area contributed by atoms with Crippen molar-refractivity contribution in [3.63, 3.8) is 0 Å². The molecule has 3 N–H and O–H groups in total. The number of hydrogen-bond donors (Lipinski definition) is 2. The standard InChI is InChI=1S/C11H24N2O2/c1-5-7-13-9(10(12)14)6-8-15-11(2,3)4/h9,13H,5-8H2,1-4H3,(H2,12,14). The van der Waals surface area contributed by atoms with Crippen molar-refractivity contribution in [1.82, 2.24) is 5.32 Å². The highest BCUT2D eigenvalue weighted by Gasteiger charge is 2.16. The van der Waals surface area contributed by atoms with Crippen molar-refractivity contribution in [1.29, 1.82) is 0 Å². The second-order valence-corrected chi connectivity index (χ2v) is 4.66. The van der Waals surface area contributed by atoms with Gasteiger partial charge in [0.25, 0.3) is 0 Å². The second kappa shape index (κ2) is 6.80. The molecule has 4 heteroatoms. The fourth-order valence-electron chi connectivity index (χ4n) is 1.15. The van der Waals surface area contributed by atoms with Crippen molar-refractivity contribution in [2.24, 2.45) is 5.73 Å². The van der Waals surface area contributed by atoms with Gasteiger partial charge in [-0.1, -0.05) is 6.92 Å². The summed E-state index contributed by atoms with van der Waals surface area (Å²) in [5.74, 6) is -0.305. The van der Waals surface area contributed by atoms with Crippen LogP contribution in [0.15, 0.2) is 0 Å². The van der Waals surface area contributed by atoms with Gasteiger partial charge in [-0.3, -0.25) is 4.79 Å². The van der Waals surface area contributed by atoms with Crippen molar-refractivity contribution in [3.05, 3.63) is 0 Å². The third kappa shape index (κ3) is 8.39. The Morgan fingerprint density at radius 2 is 2.07 bits per heavy atom. The van der Waals surface area contributed by atoms with Crippen molar-refractivity contribution in [2.45, 2.75) is 52.2 Å². The van der Waals surface area contributed by atoms with E-state index in [9.17, 15) is 4.79 Å². The zero-order valence-electron chi connectivity index (χ0n) is 10.3. The van der Waals surface area contributed by atoms with Crippen molar-refractivity contribution in [3.8, 4) is 0 Å². The zero-order chi connectivity index (χ0) is 11.9. The minimum Gasteiger partial charge on any atom is -0.376 e. The first kappa shape index (κ1) is 14.4. The van der Waals surface area contributed by atoms with E-state index in [2.05, 4.69) is 12.2 Å². The molecular formula is C11H24N2O2. The van der Waals surface area contributed by atoms with Crippen LogP contribution in [0, 0.1) is 0 Å². The average molecular weight is 216 g/mol. The molecule has 0 rings (SSSR count). The summed E-state index contributed by atoms with van der Waals surface area (Å²) >= 11 is 0. The van der Waals surface area contributed by atoms with Crippen LogP contribution in [0.2, 0.25) is 0 Å². The molecule has 0 aliphatic carbocycles. The Morgan fingerprint density at radius 3 is 2.47 bits per heavy atom. The smallest absolute Gasteiger partial charge is 0.234 e. The van der Waals surface area contributed by atoms with Gasteiger partial charge in [0, 0.05) is 6.61 Å². The summed E-state index contributed by atoms with van der Waals surface area (Å²) in [6, 6.07) is -0.271. The van der Waals surface area contributed by atoms with Crippen LogP contribution in [-0.2, 0) is 9.53 Å². The molecule has 0 aliphatic rings. The highest BCUT2D eigenvalue weighted by molar-refractivity contribution is 5.79. The molecule has 15 heavy (non-hydrogen) atoms. The topological polar surface area (TPSA) is 64.3 Å². The fraction of sp³-hybridized carbons (Fsp3) is 0.909. The lowest BCUT2D eigenvalue weighted by Crippen LogP contribution is -2.42. The molecule has 0 aromatic carbocycles. The number of rotatable bonds is 7. The average Bonchev–Trinajstić information content (AvgIpc) is 2.08. The SMILES string of the molecule is CCCNC(CCOC(C)(C)C)C(N)=O. The van der Waals surface area contributed by atoms with Crippen LogP contribution in [0.1, 0.15) is 40.5 Å². The lowest BCUT2D eigenvalue weighted by Gasteiger charge is -2.21. The lowest BCUT2D eigenvalue weighted by atomic mass is 10.1. The Bertz CT molecular complexity index is 188. The van der Waals surface area contributed by atoms with Crippen LogP contribution in [0.5, 0.6) is 0 Å². The second-order valence-electron chi connectivity index (χ2n) is 4.66. The zero-order valence-corrected chi connectivity index (χ0v) is 10.3. The minimum atomic E-state index is -0.305. The molecular weight excluding hydrogens is 192 g/mol. The quantitative estimate of drug-likeness (QED) is 0.668. The number of ether oxygens (including phenoxy) is 1. The van der Waals surface area contributed by atoms with Crippen LogP contribution in [-0.4, -0.2) is 30.7 Å². The van der Waals surface area contributed by atoms with E-state index in [1.165, 1.54) is 0 Å². The van der Waals surface area contributed by atoms with Crippen molar-refractivity contribution in [2.75, 3.05) is 13.2 Å². The van der Waals surface area contributed by atoms with Gasteiger partial charge in [0.2, 0.25) is 5.91 Å². The summed E-state index contributed by atoms with van der Waals surface area (Å²) in [4.78, 5) is 11.1. The molecule has 0 saturated carbocycles. The van der Waals surface area contributed by atoms with E-state index in [0.29, 0.717) is 13.0 Å². The summed E-state index contributed by atoms with van der Waals surface area (Å²) in [6.45, 7) is 9.39. The van der Waals surface area contributed by atoms with Gasteiger partial charge in [-0.2, -0.15) is 0 Å². The monoisotopic (exact) mass is 216 g/mol. The van der Waals surface area contributed by atoms with E-state index in [1.807, 2.05) is 20.8 Å². The number of amides is 1. The number of hydrogen-bond acceptors (Lipinski definition) is 3.